The zero-order chi connectivity index (χ0) is 20.4. The lowest BCUT2D eigenvalue weighted by atomic mass is 10.2. The summed E-state index contributed by atoms with van der Waals surface area (Å²) < 4.78 is 1.84. The SMILES string of the molecule is C[C@H](Sc1nc(C2CC2)n(-c2ccccc2)n1)C(=O)Nc1ccccc1[N+](=O)[O-]. The zero-order valence-electron chi connectivity index (χ0n) is 15.7. The first-order valence-corrected chi connectivity index (χ1v) is 10.1. The Morgan fingerprint density at radius 1 is 1.21 bits per heavy atom. The third-order valence-corrected chi connectivity index (χ3v) is 5.52. The van der Waals surface area contributed by atoms with E-state index in [1.807, 2.05) is 35.0 Å². The Morgan fingerprint density at radius 3 is 2.59 bits per heavy atom. The molecule has 3 aromatic rings. The fourth-order valence-electron chi connectivity index (χ4n) is 2.90. The summed E-state index contributed by atoms with van der Waals surface area (Å²) in [5.41, 5.74) is 0.975. The molecule has 0 spiro atoms. The van der Waals surface area contributed by atoms with Gasteiger partial charge < -0.3 is 5.32 Å². The number of aromatic nitrogens is 3. The summed E-state index contributed by atoms with van der Waals surface area (Å²) in [7, 11) is 0. The molecule has 1 atom stereocenters. The average Bonchev–Trinajstić information content (AvgIpc) is 3.49. The maximum absolute atomic E-state index is 12.6. The summed E-state index contributed by atoms with van der Waals surface area (Å²) in [4.78, 5) is 27.9. The summed E-state index contributed by atoms with van der Waals surface area (Å²) in [6.45, 7) is 1.73. The van der Waals surface area contributed by atoms with E-state index in [-0.39, 0.29) is 17.3 Å². The van der Waals surface area contributed by atoms with Crippen LogP contribution in [0.4, 0.5) is 11.4 Å². The molecule has 29 heavy (non-hydrogen) atoms. The molecule has 1 aromatic heterocycles. The van der Waals surface area contributed by atoms with Crippen LogP contribution in [0.3, 0.4) is 0 Å². The van der Waals surface area contributed by atoms with Crippen molar-refractivity contribution in [3.8, 4) is 5.69 Å². The summed E-state index contributed by atoms with van der Waals surface area (Å²) in [6, 6.07) is 15.9. The number of nitrogens with one attached hydrogen (secondary N) is 1. The van der Waals surface area contributed by atoms with Gasteiger partial charge in [0.05, 0.1) is 15.9 Å². The van der Waals surface area contributed by atoms with Gasteiger partial charge in [0.15, 0.2) is 0 Å². The highest BCUT2D eigenvalue weighted by molar-refractivity contribution is 8.00. The second kappa shape index (κ2) is 8.04. The van der Waals surface area contributed by atoms with Crippen molar-refractivity contribution in [1.29, 1.82) is 0 Å². The lowest BCUT2D eigenvalue weighted by molar-refractivity contribution is -0.383. The predicted molar refractivity (Wildman–Crippen MR) is 110 cm³/mol. The van der Waals surface area contributed by atoms with E-state index in [0.29, 0.717) is 11.1 Å². The molecule has 8 nitrogen and oxygen atoms in total. The molecule has 1 fully saturated rings. The van der Waals surface area contributed by atoms with E-state index in [4.69, 9.17) is 0 Å². The molecule has 148 valence electrons. The molecule has 1 N–H and O–H groups in total. The van der Waals surface area contributed by atoms with Gasteiger partial charge in [0.2, 0.25) is 11.1 Å². The van der Waals surface area contributed by atoms with E-state index in [1.54, 1.807) is 19.1 Å². The first-order valence-electron chi connectivity index (χ1n) is 9.26. The van der Waals surface area contributed by atoms with Crippen LogP contribution in [0.1, 0.15) is 31.5 Å². The molecular formula is C20H19N5O3S. The molecule has 1 aliphatic rings. The van der Waals surface area contributed by atoms with E-state index in [9.17, 15) is 14.9 Å². The maximum atomic E-state index is 12.6. The van der Waals surface area contributed by atoms with E-state index in [2.05, 4.69) is 15.4 Å². The van der Waals surface area contributed by atoms with E-state index < -0.39 is 10.2 Å². The number of anilines is 1. The molecule has 1 saturated carbocycles. The maximum Gasteiger partial charge on any atom is 0.292 e. The molecule has 1 amide bonds. The van der Waals surface area contributed by atoms with Crippen molar-refractivity contribution in [2.24, 2.45) is 0 Å². The van der Waals surface area contributed by atoms with Gasteiger partial charge in [-0.25, -0.2) is 9.67 Å². The first-order chi connectivity index (χ1) is 14.0. The number of rotatable bonds is 7. The van der Waals surface area contributed by atoms with Gasteiger partial charge in [-0.15, -0.1) is 5.10 Å². The van der Waals surface area contributed by atoms with Crippen LogP contribution in [0, 0.1) is 10.1 Å². The van der Waals surface area contributed by atoms with Gasteiger partial charge in [-0.3, -0.25) is 14.9 Å². The minimum absolute atomic E-state index is 0.138. The smallest absolute Gasteiger partial charge is 0.292 e. The number of amides is 1. The van der Waals surface area contributed by atoms with Crippen molar-refractivity contribution in [2.75, 3.05) is 5.32 Å². The van der Waals surface area contributed by atoms with E-state index in [0.717, 1.165) is 24.4 Å². The lowest BCUT2D eigenvalue weighted by Gasteiger charge is -2.10. The standard InChI is InChI=1S/C20H19N5O3S/c1-13(19(26)21-16-9-5-6-10-17(16)25(27)28)29-20-22-18(14-11-12-14)24(23-20)15-7-3-2-4-8-15/h2-10,13-14H,11-12H2,1H3,(H,21,26)/t13-/m0/s1. The zero-order valence-corrected chi connectivity index (χ0v) is 16.5. The number of nitrogens with zero attached hydrogens (tertiary/aromatic N) is 4. The Kier molecular flexibility index (Phi) is 5.30. The van der Waals surface area contributed by atoms with Crippen LogP contribution in [-0.2, 0) is 4.79 Å². The van der Waals surface area contributed by atoms with Crippen LogP contribution in [0.5, 0.6) is 0 Å². The monoisotopic (exact) mass is 409 g/mol. The van der Waals surface area contributed by atoms with E-state index >= 15 is 0 Å². The fourth-order valence-corrected chi connectivity index (χ4v) is 3.66. The molecule has 0 saturated heterocycles. The van der Waals surface area contributed by atoms with Crippen molar-refractivity contribution in [3.05, 3.63) is 70.5 Å². The third-order valence-electron chi connectivity index (χ3n) is 4.57. The van der Waals surface area contributed by atoms with Crippen molar-refractivity contribution < 1.29 is 9.72 Å². The van der Waals surface area contributed by atoms with Gasteiger partial charge in [0.1, 0.15) is 11.5 Å². The minimum Gasteiger partial charge on any atom is -0.319 e. The molecule has 0 bridgehead atoms. The van der Waals surface area contributed by atoms with Crippen LogP contribution in [0.15, 0.2) is 59.8 Å². The van der Waals surface area contributed by atoms with Crippen molar-refractivity contribution >= 4 is 29.0 Å². The Bertz CT molecular complexity index is 1050. The quantitative estimate of drug-likeness (QED) is 0.357. The molecule has 1 aliphatic carbocycles. The number of carbonyl (C=O) groups excluding carboxylic acids is 1. The van der Waals surface area contributed by atoms with Crippen molar-refractivity contribution in [1.82, 2.24) is 14.8 Å². The molecule has 0 radical (unpaired) electrons. The highest BCUT2D eigenvalue weighted by Gasteiger charge is 2.31. The Hall–Kier alpha value is -3.20. The van der Waals surface area contributed by atoms with Gasteiger partial charge >= 0.3 is 0 Å². The number of thioether (sulfide) groups is 1. The first kappa shape index (κ1) is 19.1. The summed E-state index contributed by atoms with van der Waals surface area (Å²) in [6.07, 6.45) is 2.17. The molecular weight excluding hydrogens is 390 g/mol. The van der Waals surface area contributed by atoms with Gasteiger partial charge in [-0.2, -0.15) is 0 Å². The molecule has 2 aromatic carbocycles. The fraction of sp³-hybridized carbons (Fsp3) is 0.250. The molecule has 0 aliphatic heterocycles. The van der Waals surface area contributed by atoms with Crippen LogP contribution < -0.4 is 5.32 Å². The largest absolute Gasteiger partial charge is 0.319 e. The van der Waals surface area contributed by atoms with Crippen LogP contribution >= 0.6 is 11.8 Å². The Labute approximate surface area is 171 Å². The van der Waals surface area contributed by atoms with Gasteiger partial charge in [-0.1, -0.05) is 42.1 Å². The lowest BCUT2D eigenvalue weighted by Crippen LogP contribution is -2.23. The second-order valence-electron chi connectivity index (χ2n) is 6.80. The van der Waals surface area contributed by atoms with Crippen LogP contribution in [0.2, 0.25) is 0 Å². The van der Waals surface area contributed by atoms with Crippen molar-refractivity contribution in [2.45, 2.75) is 36.1 Å². The normalized spacial score (nSPS) is 14.4. The number of carbonyl (C=O) groups is 1. The molecule has 1 heterocycles. The second-order valence-corrected chi connectivity index (χ2v) is 8.11. The van der Waals surface area contributed by atoms with Crippen LogP contribution in [0.25, 0.3) is 5.69 Å². The Balaban J connectivity index is 1.51. The number of nitro benzene ring substituents is 1. The topological polar surface area (TPSA) is 103 Å². The highest BCUT2D eigenvalue weighted by atomic mass is 32.2. The number of para-hydroxylation sites is 3. The van der Waals surface area contributed by atoms with Gasteiger partial charge in [0, 0.05) is 12.0 Å². The third kappa shape index (κ3) is 4.29. The summed E-state index contributed by atoms with van der Waals surface area (Å²) >= 11 is 1.24. The van der Waals surface area contributed by atoms with Crippen LogP contribution in [-0.4, -0.2) is 30.8 Å². The summed E-state index contributed by atoms with van der Waals surface area (Å²) in [5.74, 6) is 0.964. The number of hydrogen-bond acceptors (Lipinski definition) is 6. The number of benzene rings is 2. The van der Waals surface area contributed by atoms with E-state index in [1.165, 1.54) is 23.9 Å². The van der Waals surface area contributed by atoms with Gasteiger partial charge in [-0.05, 0) is 38.0 Å². The average molecular weight is 409 g/mol. The number of nitro groups is 1. The number of hydrogen-bond donors (Lipinski definition) is 1. The highest BCUT2D eigenvalue weighted by Crippen LogP contribution is 2.40. The minimum atomic E-state index is -0.520. The predicted octanol–water partition coefficient (Wildman–Crippen LogP) is 4.17. The van der Waals surface area contributed by atoms with Crippen molar-refractivity contribution in [3.63, 3.8) is 0 Å². The molecule has 4 rings (SSSR count). The molecule has 0 unspecified atom stereocenters. The Morgan fingerprint density at radius 2 is 1.90 bits per heavy atom. The summed E-state index contributed by atoms with van der Waals surface area (Å²) in [5, 5.41) is 18.4. The molecule has 9 heteroatoms. The van der Waals surface area contributed by atoms with Gasteiger partial charge in [0.25, 0.3) is 5.69 Å².